The van der Waals surface area contributed by atoms with Gasteiger partial charge in [-0.2, -0.15) is 15.3 Å². The third-order valence-electron chi connectivity index (χ3n) is 2.37. The highest BCUT2D eigenvalue weighted by atomic mass is 16.5. The third-order valence-corrected chi connectivity index (χ3v) is 2.37. The monoisotopic (exact) mass is 233 g/mol. The van der Waals surface area contributed by atoms with Gasteiger partial charge in [-0.05, 0) is 6.42 Å². The molecule has 2 aromatic rings. The molecule has 0 aliphatic carbocycles. The van der Waals surface area contributed by atoms with E-state index in [-0.39, 0.29) is 12.0 Å². The molecule has 0 amide bonds. The van der Waals surface area contributed by atoms with E-state index < -0.39 is 0 Å². The molecule has 0 aliphatic heterocycles. The van der Waals surface area contributed by atoms with Gasteiger partial charge in [0.15, 0.2) is 0 Å². The number of nitrogens with one attached hydrogen (secondary N) is 1. The van der Waals surface area contributed by atoms with Crippen LogP contribution in [0.4, 0.5) is 0 Å². The van der Waals surface area contributed by atoms with Gasteiger partial charge in [-0.1, -0.05) is 12.1 Å². The van der Waals surface area contributed by atoms with Crippen molar-refractivity contribution in [1.82, 2.24) is 20.3 Å². The van der Waals surface area contributed by atoms with Gasteiger partial charge in [0.05, 0.1) is 11.8 Å². The average molecular weight is 233 g/mol. The van der Waals surface area contributed by atoms with Crippen molar-refractivity contribution in [2.75, 3.05) is 7.11 Å². The van der Waals surface area contributed by atoms with Crippen molar-refractivity contribution >= 4 is 0 Å². The van der Waals surface area contributed by atoms with Crippen molar-refractivity contribution in [3.05, 3.63) is 17.7 Å². The van der Waals surface area contributed by atoms with Crippen LogP contribution in [0.15, 0.2) is 10.7 Å². The van der Waals surface area contributed by atoms with Crippen LogP contribution in [0.2, 0.25) is 0 Å². The van der Waals surface area contributed by atoms with E-state index in [4.69, 9.17) is 14.5 Å². The molecule has 0 saturated carbocycles. The SMILES string of the molecule is CCC(OC)c1noc(-c2cn[nH]c2C#N)n1. The lowest BCUT2D eigenvalue weighted by atomic mass is 10.2. The quantitative estimate of drug-likeness (QED) is 0.857. The van der Waals surface area contributed by atoms with Crippen molar-refractivity contribution in [1.29, 1.82) is 5.26 Å². The first-order valence-electron chi connectivity index (χ1n) is 5.10. The molecule has 7 nitrogen and oxygen atoms in total. The number of methoxy groups -OCH3 is 1. The largest absolute Gasteiger partial charge is 0.373 e. The van der Waals surface area contributed by atoms with Crippen LogP contribution < -0.4 is 0 Å². The number of hydrogen-bond acceptors (Lipinski definition) is 6. The summed E-state index contributed by atoms with van der Waals surface area (Å²) in [7, 11) is 1.59. The van der Waals surface area contributed by atoms with Gasteiger partial charge in [-0.15, -0.1) is 0 Å². The number of H-pyrrole nitrogens is 1. The van der Waals surface area contributed by atoms with E-state index in [0.29, 0.717) is 17.1 Å². The molecule has 0 radical (unpaired) electrons. The Morgan fingerprint density at radius 3 is 3.12 bits per heavy atom. The fraction of sp³-hybridized carbons (Fsp3) is 0.400. The third kappa shape index (κ3) is 2.03. The summed E-state index contributed by atoms with van der Waals surface area (Å²) < 4.78 is 10.3. The van der Waals surface area contributed by atoms with E-state index >= 15 is 0 Å². The number of hydrogen-bond donors (Lipinski definition) is 1. The topological polar surface area (TPSA) is 101 Å². The highest BCUT2D eigenvalue weighted by molar-refractivity contribution is 5.59. The highest BCUT2D eigenvalue weighted by Crippen LogP contribution is 2.23. The Balaban J connectivity index is 2.33. The van der Waals surface area contributed by atoms with Gasteiger partial charge in [0.2, 0.25) is 5.82 Å². The van der Waals surface area contributed by atoms with Gasteiger partial charge in [-0.25, -0.2) is 0 Å². The van der Waals surface area contributed by atoms with Gasteiger partial charge in [0, 0.05) is 7.11 Å². The molecular weight excluding hydrogens is 222 g/mol. The smallest absolute Gasteiger partial charge is 0.262 e. The average Bonchev–Trinajstić information content (AvgIpc) is 2.98. The summed E-state index contributed by atoms with van der Waals surface area (Å²) in [6.45, 7) is 1.96. The van der Waals surface area contributed by atoms with Gasteiger partial charge in [-0.3, -0.25) is 5.10 Å². The molecule has 88 valence electrons. The first-order valence-corrected chi connectivity index (χ1v) is 5.10. The van der Waals surface area contributed by atoms with E-state index in [1.165, 1.54) is 6.20 Å². The summed E-state index contributed by atoms with van der Waals surface area (Å²) >= 11 is 0. The number of rotatable bonds is 4. The van der Waals surface area contributed by atoms with Crippen LogP contribution in [0.5, 0.6) is 0 Å². The Labute approximate surface area is 97.4 Å². The summed E-state index contributed by atoms with van der Waals surface area (Å²) in [6, 6.07) is 1.96. The summed E-state index contributed by atoms with van der Waals surface area (Å²) in [5.74, 6) is 0.732. The molecule has 17 heavy (non-hydrogen) atoms. The molecule has 0 aliphatic rings. The Kier molecular flexibility index (Phi) is 3.16. The van der Waals surface area contributed by atoms with E-state index in [1.54, 1.807) is 7.11 Å². The van der Waals surface area contributed by atoms with Crippen LogP contribution in [0, 0.1) is 11.3 Å². The van der Waals surface area contributed by atoms with E-state index in [2.05, 4.69) is 20.3 Å². The number of nitriles is 1. The Morgan fingerprint density at radius 2 is 2.47 bits per heavy atom. The maximum absolute atomic E-state index is 8.84. The van der Waals surface area contributed by atoms with Crippen LogP contribution in [-0.2, 0) is 4.74 Å². The number of ether oxygens (including phenoxy) is 1. The summed E-state index contributed by atoms with van der Waals surface area (Å²) in [6.07, 6.45) is 2.01. The number of nitrogens with zero attached hydrogens (tertiary/aromatic N) is 4. The van der Waals surface area contributed by atoms with Crippen molar-refractivity contribution in [3.8, 4) is 17.5 Å². The molecule has 2 aromatic heterocycles. The van der Waals surface area contributed by atoms with Crippen molar-refractivity contribution in [2.45, 2.75) is 19.4 Å². The first kappa shape index (κ1) is 11.3. The fourth-order valence-corrected chi connectivity index (χ4v) is 1.46. The Morgan fingerprint density at radius 1 is 1.65 bits per heavy atom. The molecule has 0 bridgehead atoms. The molecule has 0 saturated heterocycles. The number of aromatic amines is 1. The first-order chi connectivity index (χ1) is 8.30. The zero-order valence-electron chi connectivity index (χ0n) is 9.47. The van der Waals surface area contributed by atoms with Crippen molar-refractivity contribution in [3.63, 3.8) is 0 Å². The molecule has 2 rings (SSSR count). The lowest BCUT2D eigenvalue weighted by Gasteiger charge is -2.05. The predicted molar refractivity (Wildman–Crippen MR) is 56.6 cm³/mol. The minimum atomic E-state index is -0.204. The highest BCUT2D eigenvalue weighted by Gasteiger charge is 2.19. The van der Waals surface area contributed by atoms with E-state index in [1.807, 2.05) is 13.0 Å². The molecule has 2 heterocycles. The zero-order chi connectivity index (χ0) is 12.3. The molecule has 7 heteroatoms. The molecular formula is C10H11N5O2. The maximum Gasteiger partial charge on any atom is 0.262 e. The van der Waals surface area contributed by atoms with Crippen molar-refractivity contribution in [2.24, 2.45) is 0 Å². The van der Waals surface area contributed by atoms with Gasteiger partial charge in [0.1, 0.15) is 17.9 Å². The zero-order valence-corrected chi connectivity index (χ0v) is 9.47. The van der Waals surface area contributed by atoms with Crippen LogP contribution in [0.1, 0.15) is 31.0 Å². The van der Waals surface area contributed by atoms with E-state index in [9.17, 15) is 0 Å². The van der Waals surface area contributed by atoms with E-state index in [0.717, 1.165) is 6.42 Å². The summed E-state index contributed by atoms with van der Waals surface area (Å²) in [5.41, 5.74) is 0.794. The fourth-order valence-electron chi connectivity index (χ4n) is 1.46. The van der Waals surface area contributed by atoms with Gasteiger partial charge >= 0.3 is 0 Å². The number of aromatic nitrogens is 4. The standard InChI is InChI=1S/C10H11N5O2/c1-3-8(16-2)9-13-10(17-15-9)6-5-12-14-7(6)4-11/h5,8H,3H2,1-2H3,(H,12,14). The van der Waals surface area contributed by atoms with Gasteiger partial charge < -0.3 is 9.26 Å². The lowest BCUT2D eigenvalue weighted by Crippen LogP contribution is -2.01. The molecule has 0 fully saturated rings. The van der Waals surface area contributed by atoms with Gasteiger partial charge in [0.25, 0.3) is 5.89 Å². The molecule has 1 N–H and O–H groups in total. The minimum Gasteiger partial charge on any atom is -0.373 e. The second-order valence-corrected chi connectivity index (χ2v) is 3.36. The summed E-state index contributed by atoms with van der Waals surface area (Å²) in [5, 5.41) is 19.0. The Hall–Kier alpha value is -2.20. The lowest BCUT2D eigenvalue weighted by molar-refractivity contribution is 0.0903. The minimum absolute atomic E-state index is 0.204. The second-order valence-electron chi connectivity index (χ2n) is 3.36. The van der Waals surface area contributed by atoms with Crippen LogP contribution >= 0.6 is 0 Å². The summed E-state index contributed by atoms with van der Waals surface area (Å²) in [4.78, 5) is 4.19. The Bertz CT molecular complexity index is 535. The second kappa shape index (κ2) is 4.76. The molecule has 1 atom stereocenters. The van der Waals surface area contributed by atoms with Crippen LogP contribution in [0.25, 0.3) is 11.5 Å². The molecule has 0 aromatic carbocycles. The predicted octanol–water partition coefficient (Wildman–Crippen LogP) is 1.43. The van der Waals surface area contributed by atoms with Crippen LogP contribution in [0.3, 0.4) is 0 Å². The maximum atomic E-state index is 8.84. The molecule has 1 unspecified atom stereocenters. The molecule has 0 spiro atoms. The normalized spacial score (nSPS) is 12.3. The van der Waals surface area contributed by atoms with Crippen molar-refractivity contribution < 1.29 is 9.26 Å². The van der Waals surface area contributed by atoms with Crippen LogP contribution in [-0.4, -0.2) is 27.4 Å².